The van der Waals surface area contributed by atoms with Gasteiger partial charge in [0.05, 0.1) is 0 Å². The van der Waals surface area contributed by atoms with Gasteiger partial charge in [-0.1, -0.05) is 26.7 Å². The molecule has 0 aromatic rings. The summed E-state index contributed by atoms with van der Waals surface area (Å²) in [5, 5.41) is 3.38. The van der Waals surface area contributed by atoms with Crippen LogP contribution in [0.25, 0.3) is 0 Å². The fourth-order valence-electron chi connectivity index (χ4n) is 3.17. The SMILES string of the molecule is CNC1(CC(N)=O)CCCCC1C(C)C. The Morgan fingerprint density at radius 2 is 2.20 bits per heavy atom. The summed E-state index contributed by atoms with van der Waals surface area (Å²) in [7, 11) is 1.96. The van der Waals surface area contributed by atoms with Gasteiger partial charge >= 0.3 is 0 Å². The summed E-state index contributed by atoms with van der Waals surface area (Å²) in [4.78, 5) is 11.2. The molecule has 3 heteroatoms. The van der Waals surface area contributed by atoms with Crippen LogP contribution in [-0.4, -0.2) is 18.5 Å². The predicted molar refractivity (Wildman–Crippen MR) is 62.4 cm³/mol. The first-order valence-corrected chi connectivity index (χ1v) is 5.99. The van der Waals surface area contributed by atoms with Crippen LogP contribution in [-0.2, 0) is 4.79 Å². The van der Waals surface area contributed by atoms with E-state index in [0.717, 1.165) is 6.42 Å². The summed E-state index contributed by atoms with van der Waals surface area (Å²) in [6.45, 7) is 4.48. The van der Waals surface area contributed by atoms with Gasteiger partial charge < -0.3 is 11.1 Å². The molecule has 1 aliphatic rings. The van der Waals surface area contributed by atoms with E-state index in [4.69, 9.17) is 5.73 Å². The van der Waals surface area contributed by atoms with Gasteiger partial charge in [-0.25, -0.2) is 0 Å². The molecule has 1 saturated carbocycles. The largest absolute Gasteiger partial charge is 0.370 e. The maximum absolute atomic E-state index is 11.2. The van der Waals surface area contributed by atoms with E-state index in [1.54, 1.807) is 0 Å². The van der Waals surface area contributed by atoms with Crippen molar-refractivity contribution in [2.45, 2.75) is 51.5 Å². The van der Waals surface area contributed by atoms with Gasteiger partial charge in [-0.3, -0.25) is 4.79 Å². The molecule has 0 heterocycles. The smallest absolute Gasteiger partial charge is 0.219 e. The minimum Gasteiger partial charge on any atom is -0.370 e. The molecule has 0 bridgehead atoms. The number of nitrogens with two attached hydrogens (primary N) is 1. The molecule has 0 spiro atoms. The van der Waals surface area contributed by atoms with E-state index < -0.39 is 0 Å². The highest BCUT2D eigenvalue weighted by Gasteiger charge is 2.41. The first kappa shape index (κ1) is 12.5. The van der Waals surface area contributed by atoms with Crippen LogP contribution in [0.5, 0.6) is 0 Å². The number of rotatable bonds is 4. The van der Waals surface area contributed by atoms with Gasteiger partial charge in [0.15, 0.2) is 0 Å². The number of primary amides is 1. The van der Waals surface area contributed by atoms with Crippen molar-refractivity contribution < 1.29 is 4.79 Å². The van der Waals surface area contributed by atoms with Crippen LogP contribution in [0.4, 0.5) is 0 Å². The lowest BCUT2D eigenvalue weighted by Crippen LogP contribution is -2.55. The van der Waals surface area contributed by atoms with E-state index in [-0.39, 0.29) is 11.4 Å². The number of hydrogen-bond acceptors (Lipinski definition) is 2. The summed E-state index contributed by atoms with van der Waals surface area (Å²) >= 11 is 0. The number of amides is 1. The summed E-state index contributed by atoms with van der Waals surface area (Å²) in [6.07, 6.45) is 5.26. The van der Waals surface area contributed by atoms with Gasteiger partial charge in [-0.15, -0.1) is 0 Å². The Labute approximate surface area is 92.8 Å². The van der Waals surface area contributed by atoms with Crippen LogP contribution < -0.4 is 11.1 Å². The summed E-state index contributed by atoms with van der Waals surface area (Å²) < 4.78 is 0. The van der Waals surface area contributed by atoms with Gasteiger partial charge in [0.25, 0.3) is 0 Å². The minimum absolute atomic E-state index is 0.0434. The van der Waals surface area contributed by atoms with Crippen molar-refractivity contribution in [3.05, 3.63) is 0 Å². The molecule has 0 radical (unpaired) electrons. The predicted octanol–water partition coefficient (Wildman–Crippen LogP) is 1.67. The summed E-state index contributed by atoms with van der Waals surface area (Å²) in [5.74, 6) is 0.998. The molecular weight excluding hydrogens is 188 g/mol. The third-order valence-electron chi connectivity index (χ3n) is 3.89. The molecule has 3 nitrogen and oxygen atoms in total. The lowest BCUT2D eigenvalue weighted by Gasteiger charge is -2.45. The van der Waals surface area contributed by atoms with Crippen LogP contribution in [0.3, 0.4) is 0 Å². The summed E-state index contributed by atoms with van der Waals surface area (Å²) in [6, 6.07) is 0. The quantitative estimate of drug-likeness (QED) is 0.744. The van der Waals surface area contributed by atoms with Crippen molar-refractivity contribution in [1.29, 1.82) is 0 Å². The molecule has 1 fully saturated rings. The highest BCUT2D eigenvalue weighted by atomic mass is 16.1. The van der Waals surface area contributed by atoms with Crippen LogP contribution in [0.2, 0.25) is 0 Å². The van der Waals surface area contributed by atoms with Crippen molar-refractivity contribution in [1.82, 2.24) is 5.32 Å². The Morgan fingerprint density at radius 1 is 1.53 bits per heavy atom. The van der Waals surface area contributed by atoms with Gasteiger partial charge in [0.2, 0.25) is 5.91 Å². The molecule has 3 N–H and O–H groups in total. The Morgan fingerprint density at radius 3 is 2.67 bits per heavy atom. The number of nitrogens with one attached hydrogen (secondary N) is 1. The lowest BCUT2D eigenvalue weighted by atomic mass is 9.66. The molecule has 1 amide bonds. The minimum atomic E-state index is -0.183. The van der Waals surface area contributed by atoms with Gasteiger partial charge in [0.1, 0.15) is 0 Å². The monoisotopic (exact) mass is 212 g/mol. The normalized spacial score (nSPS) is 31.9. The van der Waals surface area contributed by atoms with E-state index in [1.807, 2.05) is 7.05 Å². The average Bonchev–Trinajstić information content (AvgIpc) is 2.17. The Balaban J connectivity index is 2.84. The molecule has 1 aliphatic carbocycles. The standard InChI is InChI=1S/C12H24N2O/c1-9(2)10-6-4-5-7-12(10,14-3)8-11(13)15/h9-10,14H,4-8H2,1-3H3,(H2,13,15). The number of carbonyl (C=O) groups is 1. The first-order valence-electron chi connectivity index (χ1n) is 5.99. The van der Waals surface area contributed by atoms with Crippen molar-refractivity contribution in [2.75, 3.05) is 7.05 Å². The molecule has 0 aromatic heterocycles. The molecule has 2 atom stereocenters. The topological polar surface area (TPSA) is 55.1 Å². The van der Waals surface area contributed by atoms with E-state index in [0.29, 0.717) is 18.3 Å². The van der Waals surface area contributed by atoms with Crippen LogP contribution >= 0.6 is 0 Å². The second kappa shape index (κ2) is 4.97. The van der Waals surface area contributed by atoms with Crippen molar-refractivity contribution in [3.63, 3.8) is 0 Å². The van der Waals surface area contributed by atoms with E-state index in [1.165, 1.54) is 19.3 Å². The van der Waals surface area contributed by atoms with Gasteiger partial charge in [0, 0.05) is 12.0 Å². The van der Waals surface area contributed by atoms with E-state index >= 15 is 0 Å². The van der Waals surface area contributed by atoms with Crippen LogP contribution in [0.1, 0.15) is 46.0 Å². The highest BCUT2D eigenvalue weighted by molar-refractivity contribution is 5.75. The third-order valence-corrected chi connectivity index (χ3v) is 3.89. The van der Waals surface area contributed by atoms with E-state index in [2.05, 4.69) is 19.2 Å². The fraction of sp³-hybridized carbons (Fsp3) is 0.917. The molecule has 0 aliphatic heterocycles. The maximum atomic E-state index is 11.2. The van der Waals surface area contributed by atoms with Gasteiger partial charge in [-0.05, 0) is 31.7 Å². The Kier molecular flexibility index (Phi) is 4.14. The fourth-order valence-corrected chi connectivity index (χ4v) is 3.17. The van der Waals surface area contributed by atoms with Gasteiger partial charge in [-0.2, -0.15) is 0 Å². The Hall–Kier alpha value is -0.570. The molecule has 15 heavy (non-hydrogen) atoms. The average molecular weight is 212 g/mol. The second-order valence-corrected chi connectivity index (χ2v) is 5.15. The second-order valence-electron chi connectivity index (χ2n) is 5.15. The molecule has 1 rings (SSSR count). The van der Waals surface area contributed by atoms with Crippen molar-refractivity contribution >= 4 is 5.91 Å². The summed E-state index contributed by atoms with van der Waals surface area (Å²) in [5.41, 5.74) is 5.32. The highest BCUT2D eigenvalue weighted by Crippen LogP contribution is 2.40. The van der Waals surface area contributed by atoms with Crippen LogP contribution in [0.15, 0.2) is 0 Å². The third kappa shape index (κ3) is 2.71. The van der Waals surface area contributed by atoms with E-state index in [9.17, 15) is 4.79 Å². The first-order chi connectivity index (χ1) is 7.02. The molecule has 0 saturated heterocycles. The maximum Gasteiger partial charge on any atom is 0.219 e. The lowest BCUT2D eigenvalue weighted by molar-refractivity contribution is -0.120. The molecule has 2 unspecified atom stereocenters. The zero-order valence-electron chi connectivity index (χ0n) is 10.2. The van der Waals surface area contributed by atoms with Crippen molar-refractivity contribution in [2.24, 2.45) is 17.6 Å². The Bertz CT molecular complexity index is 228. The van der Waals surface area contributed by atoms with Crippen LogP contribution in [0, 0.1) is 11.8 Å². The molecular formula is C12H24N2O. The molecule has 0 aromatic carbocycles. The van der Waals surface area contributed by atoms with Crippen molar-refractivity contribution in [3.8, 4) is 0 Å². The number of hydrogen-bond donors (Lipinski definition) is 2. The zero-order chi connectivity index (χ0) is 11.5. The number of carbonyl (C=O) groups excluding carboxylic acids is 1. The molecule has 88 valence electrons. The zero-order valence-corrected chi connectivity index (χ0v) is 10.2.